The summed E-state index contributed by atoms with van der Waals surface area (Å²) < 4.78 is 11.4. The van der Waals surface area contributed by atoms with E-state index in [1.54, 1.807) is 0 Å². The van der Waals surface area contributed by atoms with Gasteiger partial charge in [-0.1, -0.05) is 49.3 Å². The third kappa shape index (κ3) is 3.20. The summed E-state index contributed by atoms with van der Waals surface area (Å²) >= 11 is 0. The van der Waals surface area contributed by atoms with Gasteiger partial charge in [-0.3, -0.25) is 4.90 Å². The summed E-state index contributed by atoms with van der Waals surface area (Å²) in [5.41, 5.74) is 1.22. The second-order valence-electron chi connectivity index (χ2n) is 6.09. The normalized spacial score (nSPS) is 21.2. The molecule has 0 saturated carbocycles. The van der Waals surface area contributed by atoms with Gasteiger partial charge in [0.25, 0.3) is 0 Å². The van der Waals surface area contributed by atoms with Crippen molar-refractivity contribution in [3.8, 4) is 0 Å². The zero-order chi connectivity index (χ0) is 15.5. The summed E-state index contributed by atoms with van der Waals surface area (Å²) in [5, 5.41) is 4.06. The molecule has 118 valence electrons. The number of nitrogens with zero attached hydrogens (tertiary/aromatic N) is 3. The van der Waals surface area contributed by atoms with Crippen LogP contribution in [0.1, 0.15) is 56.1 Å². The maximum Gasteiger partial charge on any atom is 0.243 e. The van der Waals surface area contributed by atoms with Crippen molar-refractivity contribution in [3.63, 3.8) is 0 Å². The Morgan fingerprint density at radius 2 is 1.95 bits per heavy atom. The topological polar surface area (TPSA) is 51.4 Å². The van der Waals surface area contributed by atoms with E-state index < -0.39 is 0 Å². The van der Waals surface area contributed by atoms with Crippen molar-refractivity contribution < 1.29 is 9.26 Å². The van der Waals surface area contributed by atoms with E-state index in [-0.39, 0.29) is 18.1 Å². The smallest absolute Gasteiger partial charge is 0.243 e. The standard InChI is InChI=1S/C17H23N3O2/c1-12(2)16-18-17(22-19-16)13(3)20-9-10-21-15(11-20)14-7-5-4-6-8-14/h4-8,12-13,15H,9-11H2,1-3H3. The van der Waals surface area contributed by atoms with Crippen molar-refractivity contribution in [2.75, 3.05) is 19.7 Å². The lowest BCUT2D eigenvalue weighted by atomic mass is 10.1. The van der Waals surface area contributed by atoms with Crippen LogP contribution in [0.3, 0.4) is 0 Å². The Bertz CT molecular complexity index is 597. The van der Waals surface area contributed by atoms with Gasteiger partial charge < -0.3 is 9.26 Å². The van der Waals surface area contributed by atoms with Gasteiger partial charge in [-0.05, 0) is 12.5 Å². The second-order valence-corrected chi connectivity index (χ2v) is 6.09. The number of ether oxygens (including phenoxy) is 1. The zero-order valence-corrected chi connectivity index (χ0v) is 13.4. The Hall–Kier alpha value is -1.72. The van der Waals surface area contributed by atoms with Gasteiger partial charge in [0, 0.05) is 19.0 Å². The van der Waals surface area contributed by atoms with Crippen LogP contribution in [0, 0.1) is 0 Å². The van der Waals surface area contributed by atoms with Crippen molar-refractivity contribution in [2.45, 2.75) is 38.8 Å². The van der Waals surface area contributed by atoms with E-state index in [9.17, 15) is 0 Å². The molecule has 2 aromatic rings. The van der Waals surface area contributed by atoms with E-state index in [0.717, 1.165) is 25.5 Å². The molecule has 0 aliphatic carbocycles. The Morgan fingerprint density at radius 3 is 2.64 bits per heavy atom. The molecule has 2 unspecified atom stereocenters. The highest BCUT2D eigenvalue weighted by atomic mass is 16.5. The molecule has 5 nitrogen and oxygen atoms in total. The minimum atomic E-state index is 0.102. The summed E-state index contributed by atoms with van der Waals surface area (Å²) in [7, 11) is 0. The summed E-state index contributed by atoms with van der Waals surface area (Å²) in [6.45, 7) is 8.69. The Morgan fingerprint density at radius 1 is 1.18 bits per heavy atom. The third-order valence-corrected chi connectivity index (χ3v) is 4.15. The molecular weight excluding hydrogens is 278 g/mol. The molecule has 22 heavy (non-hydrogen) atoms. The van der Waals surface area contributed by atoms with E-state index in [1.807, 2.05) is 18.2 Å². The van der Waals surface area contributed by atoms with Crippen LogP contribution in [-0.2, 0) is 4.74 Å². The molecule has 1 saturated heterocycles. The predicted octanol–water partition coefficient (Wildman–Crippen LogP) is 3.33. The van der Waals surface area contributed by atoms with Gasteiger partial charge in [0.2, 0.25) is 5.89 Å². The first-order valence-corrected chi connectivity index (χ1v) is 7.89. The largest absolute Gasteiger partial charge is 0.371 e. The minimum Gasteiger partial charge on any atom is -0.371 e. The van der Waals surface area contributed by atoms with E-state index in [0.29, 0.717) is 5.89 Å². The average Bonchev–Trinajstić information content (AvgIpc) is 3.05. The molecule has 0 bridgehead atoms. The Kier molecular flexibility index (Phi) is 4.55. The number of aromatic nitrogens is 2. The number of hydrogen-bond donors (Lipinski definition) is 0. The van der Waals surface area contributed by atoms with Crippen LogP contribution in [0.5, 0.6) is 0 Å². The number of hydrogen-bond acceptors (Lipinski definition) is 5. The molecular formula is C17H23N3O2. The quantitative estimate of drug-likeness (QED) is 0.867. The SMILES string of the molecule is CC(C)c1noc(C(C)N2CCOC(c3ccccc3)C2)n1. The molecule has 1 aromatic heterocycles. The molecule has 1 fully saturated rings. The fourth-order valence-corrected chi connectivity index (χ4v) is 2.70. The van der Waals surface area contributed by atoms with Crippen molar-refractivity contribution in [3.05, 3.63) is 47.6 Å². The van der Waals surface area contributed by atoms with Crippen molar-refractivity contribution in [1.82, 2.24) is 15.0 Å². The van der Waals surface area contributed by atoms with E-state index >= 15 is 0 Å². The highest BCUT2D eigenvalue weighted by Gasteiger charge is 2.28. The zero-order valence-electron chi connectivity index (χ0n) is 13.4. The summed E-state index contributed by atoms with van der Waals surface area (Å²) in [4.78, 5) is 6.87. The maximum atomic E-state index is 5.92. The van der Waals surface area contributed by atoms with E-state index in [2.05, 4.69) is 47.9 Å². The molecule has 0 amide bonds. The van der Waals surface area contributed by atoms with Gasteiger partial charge in [0.1, 0.15) is 0 Å². The second kappa shape index (κ2) is 6.58. The Balaban J connectivity index is 1.71. The molecule has 0 N–H and O–H groups in total. The molecule has 1 aromatic carbocycles. The van der Waals surface area contributed by atoms with Crippen LogP contribution >= 0.6 is 0 Å². The first-order chi connectivity index (χ1) is 10.6. The van der Waals surface area contributed by atoms with Crippen LogP contribution in [-0.4, -0.2) is 34.7 Å². The van der Waals surface area contributed by atoms with Gasteiger partial charge in [-0.25, -0.2) is 0 Å². The number of rotatable bonds is 4. The van der Waals surface area contributed by atoms with Gasteiger partial charge in [0.15, 0.2) is 5.82 Å². The molecule has 2 atom stereocenters. The van der Waals surface area contributed by atoms with Crippen LogP contribution in [0.15, 0.2) is 34.9 Å². The van der Waals surface area contributed by atoms with E-state index in [4.69, 9.17) is 9.26 Å². The molecule has 1 aliphatic heterocycles. The fraction of sp³-hybridized carbons (Fsp3) is 0.529. The summed E-state index contributed by atoms with van der Waals surface area (Å²) in [6.07, 6.45) is 0.102. The van der Waals surface area contributed by atoms with Gasteiger partial charge in [-0.15, -0.1) is 0 Å². The Labute approximate surface area is 131 Å². The monoisotopic (exact) mass is 301 g/mol. The first kappa shape index (κ1) is 15.2. The molecule has 0 spiro atoms. The third-order valence-electron chi connectivity index (χ3n) is 4.15. The van der Waals surface area contributed by atoms with Crippen molar-refractivity contribution in [2.24, 2.45) is 0 Å². The maximum absolute atomic E-state index is 5.92. The molecule has 5 heteroatoms. The lowest BCUT2D eigenvalue weighted by Gasteiger charge is -2.35. The number of morpholine rings is 1. The van der Waals surface area contributed by atoms with Crippen molar-refractivity contribution in [1.29, 1.82) is 0 Å². The molecule has 3 rings (SSSR count). The molecule has 1 aliphatic rings. The fourth-order valence-electron chi connectivity index (χ4n) is 2.70. The van der Waals surface area contributed by atoms with Crippen LogP contribution in [0.4, 0.5) is 0 Å². The van der Waals surface area contributed by atoms with Crippen LogP contribution in [0.25, 0.3) is 0 Å². The first-order valence-electron chi connectivity index (χ1n) is 7.89. The summed E-state index contributed by atoms with van der Waals surface area (Å²) in [5.74, 6) is 1.75. The highest BCUT2D eigenvalue weighted by molar-refractivity contribution is 5.18. The van der Waals surface area contributed by atoms with Gasteiger partial charge >= 0.3 is 0 Å². The van der Waals surface area contributed by atoms with Gasteiger partial charge in [0.05, 0.1) is 18.8 Å². The highest BCUT2D eigenvalue weighted by Crippen LogP contribution is 2.28. The van der Waals surface area contributed by atoms with Crippen molar-refractivity contribution >= 4 is 0 Å². The minimum absolute atomic E-state index is 0.102. The summed E-state index contributed by atoms with van der Waals surface area (Å²) in [6, 6.07) is 10.5. The lowest BCUT2D eigenvalue weighted by Crippen LogP contribution is -2.40. The van der Waals surface area contributed by atoms with Crippen LogP contribution < -0.4 is 0 Å². The van der Waals surface area contributed by atoms with Gasteiger partial charge in [-0.2, -0.15) is 4.98 Å². The molecule has 0 radical (unpaired) electrons. The molecule has 2 heterocycles. The van der Waals surface area contributed by atoms with Crippen LogP contribution in [0.2, 0.25) is 0 Å². The number of benzene rings is 1. The predicted molar refractivity (Wildman–Crippen MR) is 83.5 cm³/mol. The average molecular weight is 301 g/mol. The lowest BCUT2D eigenvalue weighted by molar-refractivity contribution is -0.0469. The van der Waals surface area contributed by atoms with E-state index in [1.165, 1.54) is 5.56 Å².